The van der Waals surface area contributed by atoms with E-state index in [1.807, 2.05) is 18.2 Å². The van der Waals surface area contributed by atoms with Crippen molar-refractivity contribution in [2.24, 2.45) is 0 Å². The van der Waals surface area contributed by atoms with Gasteiger partial charge in [-0.3, -0.25) is 4.79 Å². The first-order valence-corrected chi connectivity index (χ1v) is 9.67. The van der Waals surface area contributed by atoms with Crippen molar-refractivity contribution in [1.29, 1.82) is 0 Å². The maximum Gasteiger partial charge on any atom is 0.240 e. The molecule has 0 spiro atoms. The highest BCUT2D eigenvalue weighted by Crippen LogP contribution is 2.18. The SMILES string of the molecule is CCC(=O)Nc1ccc(S(=O)(=O)NCc2ccc3c(c2)CNC3)cc1. The molecule has 0 atom stereocenters. The summed E-state index contributed by atoms with van der Waals surface area (Å²) in [4.78, 5) is 11.5. The summed E-state index contributed by atoms with van der Waals surface area (Å²) >= 11 is 0. The molecule has 0 radical (unpaired) electrons. The van der Waals surface area contributed by atoms with E-state index in [4.69, 9.17) is 0 Å². The Balaban J connectivity index is 1.66. The monoisotopic (exact) mass is 359 g/mol. The van der Waals surface area contributed by atoms with Gasteiger partial charge >= 0.3 is 0 Å². The van der Waals surface area contributed by atoms with Gasteiger partial charge in [0, 0.05) is 31.7 Å². The molecule has 6 nitrogen and oxygen atoms in total. The van der Waals surface area contributed by atoms with Gasteiger partial charge in [0.1, 0.15) is 0 Å². The lowest BCUT2D eigenvalue weighted by Crippen LogP contribution is -2.23. The maximum atomic E-state index is 12.4. The van der Waals surface area contributed by atoms with E-state index in [1.54, 1.807) is 19.1 Å². The highest BCUT2D eigenvalue weighted by atomic mass is 32.2. The summed E-state index contributed by atoms with van der Waals surface area (Å²) < 4.78 is 27.5. The van der Waals surface area contributed by atoms with Crippen molar-refractivity contribution in [2.75, 3.05) is 5.32 Å². The van der Waals surface area contributed by atoms with Crippen LogP contribution in [0.1, 0.15) is 30.0 Å². The summed E-state index contributed by atoms with van der Waals surface area (Å²) in [5.41, 5.74) is 3.99. The van der Waals surface area contributed by atoms with E-state index < -0.39 is 10.0 Å². The molecule has 0 aliphatic carbocycles. The third kappa shape index (κ3) is 4.25. The average Bonchev–Trinajstić information content (AvgIpc) is 3.08. The quantitative estimate of drug-likeness (QED) is 0.737. The van der Waals surface area contributed by atoms with Gasteiger partial charge in [0.15, 0.2) is 0 Å². The second-order valence-electron chi connectivity index (χ2n) is 5.96. The van der Waals surface area contributed by atoms with Gasteiger partial charge in [-0.15, -0.1) is 0 Å². The van der Waals surface area contributed by atoms with E-state index in [2.05, 4.69) is 15.4 Å². The van der Waals surface area contributed by atoms with Gasteiger partial charge in [-0.1, -0.05) is 25.1 Å². The number of rotatable bonds is 6. The van der Waals surface area contributed by atoms with Crippen molar-refractivity contribution in [3.63, 3.8) is 0 Å². The maximum absolute atomic E-state index is 12.4. The molecular formula is C18H21N3O3S. The summed E-state index contributed by atoms with van der Waals surface area (Å²) in [6.07, 6.45) is 0.373. The van der Waals surface area contributed by atoms with E-state index in [0.717, 1.165) is 18.7 Å². The second kappa shape index (κ2) is 7.35. The fourth-order valence-electron chi connectivity index (χ4n) is 2.69. The Hall–Kier alpha value is -2.22. The lowest BCUT2D eigenvalue weighted by Gasteiger charge is -2.09. The minimum absolute atomic E-state index is 0.111. The van der Waals surface area contributed by atoms with Crippen LogP contribution in [0.3, 0.4) is 0 Å². The molecule has 7 heteroatoms. The van der Waals surface area contributed by atoms with Gasteiger partial charge in [0.2, 0.25) is 15.9 Å². The number of sulfonamides is 1. The molecule has 0 aromatic heterocycles. The number of hydrogen-bond acceptors (Lipinski definition) is 4. The van der Waals surface area contributed by atoms with Crippen molar-refractivity contribution >= 4 is 21.6 Å². The molecule has 1 heterocycles. The van der Waals surface area contributed by atoms with Crippen molar-refractivity contribution in [2.45, 2.75) is 37.9 Å². The zero-order valence-corrected chi connectivity index (χ0v) is 14.8. The average molecular weight is 359 g/mol. The molecule has 0 unspecified atom stereocenters. The molecule has 1 aliphatic heterocycles. The largest absolute Gasteiger partial charge is 0.326 e. The van der Waals surface area contributed by atoms with Gasteiger partial charge in [0.25, 0.3) is 0 Å². The Morgan fingerprint density at radius 3 is 2.52 bits per heavy atom. The zero-order chi connectivity index (χ0) is 17.9. The van der Waals surface area contributed by atoms with Crippen LogP contribution in [0.4, 0.5) is 5.69 Å². The van der Waals surface area contributed by atoms with Crippen LogP contribution in [0.2, 0.25) is 0 Å². The number of fused-ring (bicyclic) bond motifs is 1. The third-order valence-corrected chi connectivity index (χ3v) is 5.55. The lowest BCUT2D eigenvalue weighted by molar-refractivity contribution is -0.115. The van der Waals surface area contributed by atoms with Crippen LogP contribution < -0.4 is 15.4 Å². The zero-order valence-electron chi connectivity index (χ0n) is 14.0. The minimum atomic E-state index is -3.60. The van der Waals surface area contributed by atoms with E-state index >= 15 is 0 Å². The van der Waals surface area contributed by atoms with Gasteiger partial charge in [-0.05, 0) is 41.0 Å². The van der Waals surface area contributed by atoms with Crippen LogP contribution in [0, 0.1) is 0 Å². The number of carbonyl (C=O) groups is 1. The van der Waals surface area contributed by atoms with Crippen LogP contribution in [-0.4, -0.2) is 14.3 Å². The highest BCUT2D eigenvalue weighted by Gasteiger charge is 2.15. The highest BCUT2D eigenvalue weighted by molar-refractivity contribution is 7.89. The molecule has 0 bridgehead atoms. The van der Waals surface area contributed by atoms with Crippen molar-refractivity contribution in [3.05, 3.63) is 59.2 Å². The molecule has 132 valence electrons. The molecule has 0 saturated carbocycles. The van der Waals surface area contributed by atoms with Crippen LogP contribution >= 0.6 is 0 Å². The summed E-state index contributed by atoms with van der Waals surface area (Å²) in [7, 11) is -3.60. The fraction of sp³-hybridized carbons (Fsp3) is 0.278. The number of carbonyl (C=O) groups excluding carboxylic acids is 1. The molecule has 2 aromatic rings. The lowest BCUT2D eigenvalue weighted by atomic mass is 10.1. The first-order valence-electron chi connectivity index (χ1n) is 8.19. The van der Waals surface area contributed by atoms with E-state index in [-0.39, 0.29) is 17.3 Å². The summed E-state index contributed by atoms with van der Waals surface area (Å²) in [6.45, 7) is 3.68. The first-order chi connectivity index (χ1) is 12.0. The Kier molecular flexibility index (Phi) is 5.17. The predicted molar refractivity (Wildman–Crippen MR) is 96.4 cm³/mol. The number of hydrogen-bond donors (Lipinski definition) is 3. The van der Waals surface area contributed by atoms with E-state index in [9.17, 15) is 13.2 Å². The van der Waals surface area contributed by atoms with Crippen molar-refractivity contribution < 1.29 is 13.2 Å². The van der Waals surface area contributed by atoms with Crippen molar-refractivity contribution in [3.8, 4) is 0 Å². The standard InChI is InChI=1S/C18H21N3O3S/c1-2-18(22)21-16-5-7-17(8-6-16)25(23,24)20-10-13-3-4-14-11-19-12-15(14)9-13/h3-9,19-20H,2,10-12H2,1H3,(H,21,22). The number of benzene rings is 2. The second-order valence-corrected chi connectivity index (χ2v) is 7.72. The van der Waals surface area contributed by atoms with Crippen molar-refractivity contribution in [1.82, 2.24) is 10.0 Å². The van der Waals surface area contributed by atoms with Crippen LogP contribution in [0.5, 0.6) is 0 Å². The summed E-state index contributed by atoms with van der Waals surface area (Å²) in [5.74, 6) is -0.111. The normalized spacial score (nSPS) is 13.5. The molecule has 25 heavy (non-hydrogen) atoms. The fourth-order valence-corrected chi connectivity index (χ4v) is 3.70. The molecule has 0 fully saturated rings. The minimum Gasteiger partial charge on any atom is -0.326 e. The molecule has 2 aromatic carbocycles. The van der Waals surface area contributed by atoms with Gasteiger partial charge in [-0.2, -0.15) is 0 Å². The topological polar surface area (TPSA) is 87.3 Å². The van der Waals surface area contributed by atoms with Crippen LogP contribution in [0.15, 0.2) is 47.4 Å². The number of amides is 1. The van der Waals surface area contributed by atoms with Crippen LogP contribution in [0.25, 0.3) is 0 Å². The van der Waals surface area contributed by atoms with Gasteiger partial charge < -0.3 is 10.6 Å². The Morgan fingerprint density at radius 1 is 1.08 bits per heavy atom. The number of anilines is 1. The smallest absolute Gasteiger partial charge is 0.240 e. The Morgan fingerprint density at radius 2 is 1.80 bits per heavy atom. The van der Waals surface area contributed by atoms with Crippen LogP contribution in [-0.2, 0) is 34.5 Å². The Labute approximate surface area is 147 Å². The summed E-state index contributed by atoms with van der Waals surface area (Å²) in [5, 5.41) is 5.96. The third-order valence-electron chi connectivity index (χ3n) is 4.14. The molecule has 3 N–H and O–H groups in total. The molecule has 0 saturated heterocycles. The summed E-state index contributed by atoms with van der Waals surface area (Å²) in [6, 6.07) is 12.1. The molecular weight excluding hydrogens is 338 g/mol. The molecule has 1 amide bonds. The van der Waals surface area contributed by atoms with Gasteiger partial charge in [-0.25, -0.2) is 13.1 Å². The number of nitrogens with one attached hydrogen (secondary N) is 3. The van der Waals surface area contributed by atoms with E-state index in [1.165, 1.54) is 23.3 Å². The first kappa shape index (κ1) is 17.6. The Bertz CT molecular complexity index is 877. The van der Waals surface area contributed by atoms with Gasteiger partial charge in [0.05, 0.1) is 4.90 Å². The molecule has 1 aliphatic rings. The predicted octanol–water partition coefficient (Wildman–Crippen LogP) is 2.12. The van der Waals surface area contributed by atoms with E-state index in [0.29, 0.717) is 12.1 Å². The molecule has 3 rings (SSSR count).